The summed E-state index contributed by atoms with van der Waals surface area (Å²) in [6, 6.07) is 39.2. The Balaban J connectivity index is 0.000000177. The first kappa shape index (κ1) is 47.0. The number of likely N-dealkylation sites (N-methyl/N-ethyl adjacent to an activating group) is 1. The number of piperidine rings is 1. The molecule has 4 N–H and O–H groups in total. The normalized spacial score (nSPS) is 21.5. The Bertz CT molecular complexity index is 2060. The highest BCUT2D eigenvalue weighted by Crippen LogP contribution is 2.44. The summed E-state index contributed by atoms with van der Waals surface area (Å²) in [6.07, 6.45) is 9.84. The lowest BCUT2D eigenvalue weighted by Gasteiger charge is -2.38. The van der Waals surface area contributed by atoms with E-state index in [2.05, 4.69) is 138 Å². The highest BCUT2D eigenvalue weighted by Gasteiger charge is 2.40. The number of nitrogens with zero attached hydrogens (tertiary/aromatic N) is 3. The molecule has 0 radical (unpaired) electrons. The molecule has 322 valence electrons. The minimum Gasteiger partial charge on any atom is -0.478 e. The molecule has 4 aliphatic heterocycles. The molecule has 4 aromatic rings. The van der Waals surface area contributed by atoms with Gasteiger partial charge in [-0.2, -0.15) is 8.42 Å². The van der Waals surface area contributed by atoms with Crippen molar-refractivity contribution >= 4 is 45.9 Å². The molecule has 4 aliphatic rings. The first-order chi connectivity index (χ1) is 28.7. The van der Waals surface area contributed by atoms with Gasteiger partial charge in [0.15, 0.2) is 0 Å². The standard InChI is InChI=1S/C21H25NO.C20H24N2S2.C4H4O4.H2O4S/c1-22-18-12-13-19(22)15-20(14-18)23-21(16-8-4-2-5-9-16)17-10-6-3-7-11-17;1-21-9-11-22(12-10-21)18-13-15-5-3-4-6-19(15)24-20-8-7-16(23-2)14-17(18)20;5-3(6)1-2-4(7)8;1-5(2,3)4/h2-11,18-21H,12-15H2,1H3;3-8,14,18H,9-13H2,1-2H3;1-2H,(H,5,6)(H,7,8);(H2,1,2,3,4). The van der Waals surface area contributed by atoms with E-state index >= 15 is 0 Å². The summed E-state index contributed by atoms with van der Waals surface area (Å²) in [4.78, 5) is 31.0. The van der Waals surface area contributed by atoms with E-state index < -0.39 is 22.3 Å². The molecule has 3 fully saturated rings. The van der Waals surface area contributed by atoms with E-state index in [4.69, 9.17) is 32.5 Å². The zero-order chi connectivity index (χ0) is 43.2. The van der Waals surface area contributed by atoms with E-state index in [-0.39, 0.29) is 6.10 Å². The van der Waals surface area contributed by atoms with E-state index in [9.17, 15) is 9.59 Å². The van der Waals surface area contributed by atoms with Gasteiger partial charge in [-0.05, 0) is 99.0 Å². The van der Waals surface area contributed by atoms with E-state index in [0.29, 0.717) is 36.4 Å². The fourth-order valence-corrected chi connectivity index (χ4v) is 9.65. The number of carboxylic acid groups (broad SMARTS) is 2. The molecule has 0 spiro atoms. The molecule has 60 heavy (non-hydrogen) atoms. The maximum absolute atomic E-state index is 9.55. The third-order valence-electron chi connectivity index (χ3n) is 11.1. The van der Waals surface area contributed by atoms with Crippen molar-refractivity contribution in [3.8, 4) is 0 Å². The number of thioether (sulfide) groups is 1. The molecule has 3 saturated heterocycles. The molecule has 4 heterocycles. The molecule has 15 heteroatoms. The average Bonchev–Trinajstić information content (AvgIpc) is 3.36. The van der Waals surface area contributed by atoms with Crippen LogP contribution in [0.2, 0.25) is 0 Å². The number of benzene rings is 4. The minimum absolute atomic E-state index is 0.0465. The lowest BCUT2D eigenvalue weighted by atomic mass is 9.96. The summed E-state index contributed by atoms with van der Waals surface area (Å²) in [5.74, 6) is -2.51. The van der Waals surface area contributed by atoms with Gasteiger partial charge in [-0.3, -0.25) is 14.0 Å². The average molecular weight is 878 g/mol. The second-order valence-electron chi connectivity index (χ2n) is 15.1. The number of hydrogen-bond acceptors (Lipinski definition) is 10. The summed E-state index contributed by atoms with van der Waals surface area (Å²) in [5, 5.41) is 15.6. The van der Waals surface area contributed by atoms with E-state index in [1.165, 1.54) is 75.7 Å². The van der Waals surface area contributed by atoms with Crippen LogP contribution in [0.25, 0.3) is 0 Å². The van der Waals surface area contributed by atoms with Crippen LogP contribution in [-0.2, 0) is 31.1 Å². The lowest BCUT2D eigenvalue weighted by Crippen LogP contribution is -2.46. The van der Waals surface area contributed by atoms with Gasteiger partial charge < -0.3 is 24.7 Å². The van der Waals surface area contributed by atoms with Crippen LogP contribution < -0.4 is 0 Å². The Hall–Kier alpha value is -4.03. The van der Waals surface area contributed by atoms with Gasteiger partial charge in [-0.15, -0.1) is 11.8 Å². The number of fused-ring (bicyclic) bond motifs is 4. The van der Waals surface area contributed by atoms with Gasteiger partial charge in [-0.25, -0.2) is 9.59 Å². The van der Waals surface area contributed by atoms with Crippen molar-refractivity contribution in [2.24, 2.45) is 0 Å². The number of ether oxygens (including phenoxy) is 1. The monoisotopic (exact) mass is 877 g/mol. The summed E-state index contributed by atoms with van der Waals surface area (Å²) in [7, 11) is -0.153. The molecule has 0 aliphatic carbocycles. The molecule has 8 rings (SSSR count). The molecule has 0 saturated carbocycles. The number of rotatable bonds is 8. The zero-order valence-electron chi connectivity index (χ0n) is 34.1. The molecule has 12 nitrogen and oxygen atoms in total. The highest BCUT2D eigenvalue weighted by atomic mass is 32.3. The van der Waals surface area contributed by atoms with Crippen molar-refractivity contribution in [3.63, 3.8) is 0 Å². The van der Waals surface area contributed by atoms with E-state index in [0.717, 1.165) is 19.5 Å². The fourth-order valence-electron chi connectivity index (χ4n) is 8.09. The Morgan fingerprint density at radius 1 is 0.767 bits per heavy atom. The second-order valence-corrected chi connectivity index (χ2v) is 18.0. The molecule has 0 amide bonds. The molecule has 4 aromatic carbocycles. The van der Waals surface area contributed by atoms with Crippen LogP contribution in [0, 0.1) is 0 Å². The van der Waals surface area contributed by atoms with Crippen LogP contribution in [0.3, 0.4) is 0 Å². The van der Waals surface area contributed by atoms with Crippen LogP contribution in [0.5, 0.6) is 0 Å². The molecule has 2 bridgehead atoms. The number of carboxylic acids is 2. The minimum atomic E-state index is -4.67. The van der Waals surface area contributed by atoms with Gasteiger partial charge in [0.1, 0.15) is 6.10 Å². The Morgan fingerprint density at radius 3 is 1.80 bits per heavy atom. The van der Waals surface area contributed by atoms with Gasteiger partial charge in [-0.1, -0.05) is 90.6 Å². The van der Waals surface area contributed by atoms with Gasteiger partial charge in [0.05, 0.1) is 6.10 Å². The topological polar surface area (TPSA) is 168 Å². The summed E-state index contributed by atoms with van der Waals surface area (Å²) < 4.78 is 38.2. The predicted molar refractivity (Wildman–Crippen MR) is 236 cm³/mol. The van der Waals surface area contributed by atoms with Gasteiger partial charge in [0, 0.05) is 71.1 Å². The van der Waals surface area contributed by atoms with Crippen LogP contribution >= 0.6 is 23.5 Å². The van der Waals surface area contributed by atoms with Crippen LogP contribution in [0.15, 0.2) is 130 Å². The number of hydrogen-bond donors (Lipinski definition) is 4. The molecule has 3 atom stereocenters. The predicted octanol–water partition coefficient (Wildman–Crippen LogP) is 7.88. The van der Waals surface area contributed by atoms with Gasteiger partial charge in [0.2, 0.25) is 0 Å². The largest absolute Gasteiger partial charge is 0.478 e. The van der Waals surface area contributed by atoms with Gasteiger partial charge in [0.25, 0.3) is 0 Å². The number of piperazine rings is 1. The number of carbonyl (C=O) groups is 2. The van der Waals surface area contributed by atoms with Crippen molar-refractivity contribution < 1.29 is 42.1 Å². The maximum Gasteiger partial charge on any atom is 0.394 e. The van der Waals surface area contributed by atoms with Crippen molar-refractivity contribution in [1.82, 2.24) is 14.7 Å². The smallest absolute Gasteiger partial charge is 0.394 e. The summed E-state index contributed by atoms with van der Waals surface area (Å²) in [6.45, 7) is 4.67. The zero-order valence-corrected chi connectivity index (χ0v) is 36.6. The van der Waals surface area contributed by atoms with Crippen molar-refractivity contribution in [3.05, 3.63) is 138 Å². The summed E-state index contributed by atoms with van der Waals surface area (Å²) >= 11 is 3.79. The molecule has 0 aromatic heterocycles. The van der Waals surface area contributed by atoms with Crippen molar-refractivity contribution in [2.45, 2.75) is 77.1 Å². The number of aliphatic carboxylic acids is 2. The van der Waals surface area contributed by atoms with Crippen LogP contribution in [0.4, 0.5) is 0 Å². The van der Waals surface area contributed by atoms with Crippen LogP contribution in [-0.4, -0.2) is 119 Å². The first-order valence-electron chi connectivity index (χ1n) is 19.9. The highest BCUT2D eigenvalue weighted by molar-refractivity contribution is 7.99. The molecular formula is C45H55N3O9S3. The van der Waals surface area contributed by atoms with Crippen molar-refractivity contribution in [1.29, 1.82) is 0 Å². The second kappa shape index (κ2) is 22.7. The lowest BCUT2D eigenvalue weighted by molar-refractivity contribution is -0.134. The first-order valence-corrected chi connectivity index (χ1v) is 23.3. The molecule has 3 unspecified atom stereocenters. The Morgan fingerprint density at radius 2 is 1.28 bits per heavy atom. The van der Waals surface area contributed by atoms with Gasteiger partial charge >= 0.3 is 22.3 Å². The fraction of sp³-hybridized carbons (Fsp3) is 0.378. The summed E-state index contributed by atoms with van der Waals surface area (Å²) in [5.41, 5.74) is 5.52. The maximum atomic E-state index is 9.55. The SMILES string of the molecule is CN1C2CCC1CC(OC(c1ccccc1)c1ccccc1)C2.CSc1ccc2c(c1)C(N1CCN(C)CC1)Cc1ccccc1S2.O=C(O)C=CC(=O)O.O=S(=O)(O)O. The van der Waals surface area contributed by atoms with E-state index in [1.807, 2.05) is 23.5 Å². The quantitative estimate of drug-likeness (QED) is 0.0767. The third-order valence-corrected chi connectivity index (χ3v) is 13.1. The van der Waals surface area contributed by atoms with E-state index in [1.54, 1.807) is 0 Å². The van der Waals surface area contributed by atoms with Crippen LogP contribution in [0.1, 0.15) is 60.1 Å². The third kappa shape index (κ3) is 14.6. The Labute approximate surface area is 362 Å². The Kier molecular flexibility index (Phi) is 17.8. The van der Waals surface area contributed by atoms with Crippen molar-refractivity contribution in [2.75, 3.05) is 46.5 Å². The molecular weight excluding hydrogens is 823 g/mol.